The van der Waals surface area contributed by atoms with Crippen molar-refractivity contribution in [2.45, 2.75) is 18.9 Å². The molecule has 4 atom stereocenters. The van der Waals surface area contributed by atoms with Crippen LogP contribution in [-0.4, -0.2) is 42.8 Å². The molecule has 7 nitrogen and oxygen atoms in total. The highest BCUT2D eigenvalue weighted by Gasteiger charge is 2.58. The number of methoxy groups -OCH3 is 1. The Morgan fingerprint density at radius 3 is 2.47 bits per heavy atom. The topological polar surface area (TPSA) is 96.3 Å². The van der Waals surface area contributed by atoms with Gasteiger partial charge in [0.2, 0.25) is 11.8 Å². The molecule has 2 amide bonds. The Labute approximate surface area is 186 Å². The summed E-state index contributed by atoms with van der Waals surface area (Å²) in [6.07, 6.45) is 0.353. The number of carbonyl (C=O) groups excluding carboxylic acids is 2. The lowest BCUT2D eigenvalue weighted by molar-refractivity contribution is -0.123. The summed E-state index contributed by atoms with van der Waals surface area (Å²) in [5, 5.41) is 20.6. The number of carbonyl (C=O) groups is 2. The Bertz CT molecular complexity index is 1070. The van der Waals surface area contributed by atoms with E-state index in [1.807, 2.05) is 6.07 Å². The van der Waals surface area contributed by atoms with Gasteiger partial charge in [-0.15, -0.1) is 0 Å². The van der Waals surface area contributed by atoms with Crippen molar-refractivity contribution < 1.29 is 29.1 Å². The smallest absolute Gasteiger partial charge is 0.487 e. The van der Waals surface area contributed by atoms with Crippen LogP contribution in [0, 0.1) is 17.8 Å². The Kier molecular flexibility index (Phi) is 5.37. The molecule has 0 aromatic heterocycles. The maximum Gasteiger partial charge on any atom is 0.487 e. The van der Waals surface area contributed by atoms with E-state index in [1.54, 1.807) is 55.6 Å². The monoisotopic (exact) mass is 433 g/mol. The molecule has 2 aromatic carbocycles. The molecule has 0 saturated carbocycles. The van der Waals surface area contributed by atoms with Gasteiger partial charge >= 0.3 is 7.12 Å². The first-order valence-corrected chi connectivity index (χ1v) is 10.8. The summed E-state index contributed by atoms with van der Waals surface area (Å²) in [5.41, 5.74) is 2.85. The Balaban J connectivity index is 1.54. The molecular formula is C24H24BNO6. The van der Waals surface area contributed by atoms with Crippen LogP contribution in [0.25, 0.3) is 0 Å². The minimum atomic E-state index is -1.19. The van der Waals surface area contributed by atoms with Crippen LogP contribution in [0.4, 0.5) is 5.69 Å². The normalized spacial score (nSPS) is 27.6. The van der Waals surface area contributed by atoms with Crippen molar-refractivity contribution in [3.63, 3.8) is 0 Å². The maximum absolute atomic E-state index is 13.6. The molecule has 1 aliphatic carbocycles. The van der Waals surface area contributed by atoms with Gasteiger partial charge in [0.15, 0.2) is 0 Å². The first-order valence-electron chi connectivity index (χ1n) is 10.8. The molecular weight excluding hydrogens is 409 g/mol. The molecule has 5 rings (SSSR count). The predicted molar refractivity (Wildman–Crippen MR) is 117 cm³/mol. The number of fused-ring (bicyclic) bond motifs is 3. The van der Waals surface area contributed by atoms with Gasteiger partial charge in [-0.2, -0.15) is 0 Å². The van der Waals surface area contributed by atoms with Crippen molar-refractivity contribution in [1.29, 1.82) is 0 Å². The first kappa shape index (κ1) is 20.9. The van der Waals surface area contributed by atoms with Gasteiger partial charge in [0.05, 0.1) is 30.2 Å². The fourth-order valence-corrected chi connectivity index (χ4v) is 5.45. The number of nitrogens with zero attached hydrogens (tertiary/aromatic N) is 1. The number of imide groups is 1. The number of anilines is 1. The molecule has 2 N–H and O–H groups in total. The number of hydrogen-bond acceptors (Lipinski definition) is 6. The summed E-state index contributed by atoms with van der Waals surface area (Å²) >= 11 is 0. The molecule has 2 heterocycles. The van der Waals surface area contributed by atoms with Crippen molar-refractivity contribution in [2.24, 2.45) is 17.8 Å². The molecule has 32 heavy (non-hydrogen) atoms. The third-order valence-corrected chi connectivity index (χ3v) is 6.81. The number of para-hydroxylation sites is 1. The van der Waals surface area contributed by atoms with Crippen LogP contribution in [0.2, 0.25) is 0 Å². The van der Waals surface area contributed by atoms with Crippen LogP contribution < -0.4 is 4.90 Å². The number of rotatable bonds is 4. The van der Waals surface area contributed by atoms with Gasteiger partial charge in [-0.25, -0.2) is 0 Å². The average molecular weight is 433 g/mol. The number of benzene rings is 2. The first-order chi connectivity index (χ1) is 15.5. The summed E-state index contributed by atoms with van der Waals surface area (Å²) < 4.78 is 11.3. The summed E-state index contributed by atoms with van der Waals surface area (Å²) in [6.45, 7) is 0.270. The lowest BCUT2D eigenvalue weighted by atomic mass is 9.55. The minimum Gasteiger partial charge on any atom is -0.508 e. The van der Waals surface area contributed by atoms with Crippen LogP contribution in [0.15, 0.2) is 65.6 Å². The largest absolute Gasteiger partial charge is 0.508 e. The lowest BCUT2D eigenvalue weighted by Gasteiger charge is -2.42. The van der Waals surface area contributed by atoms with E-state index >= 15 is 0 Å². The number of ether oxygens (including phenoxy) is 1. The predicted octanol–water partition coefficient (Wildman–Crippen LogP) is 2.64. The molecule has 2 saturated heterocycles. The highest BCUT2D eigenvalue weighted by atomic mass is 16.5. The van der Waals surface area contributed by atoms with Crippen LogP contribution in [0.1, 0.15) is 24.5 Å². The summed E-state index contributed by atoms with van der Waals surface area (Å²) in [4.78, 5) is 28.2. The van der Waals surface area contributed by atoms with Gasteiger partial charge in [0.25, 0.3) is 0 Å². The fourth-order valence-electron chi connectivity index (χ4n) is 5.45. The molecule has 0 bridgehead atoms. The highest BCUT2D eigenvalue weighted by Crippen LogP contribution is 2.52. The fraction of sp³-hybridized carbons (Fsp3) is 0.333. The van der Waals surface area contributed by atoms with E-state index in [4.69, 9.17) is 9.39 Å². The number of allylic oxidation sites excluding steroid dienone is 1. The van der Waals surface area contributed by atoms with Gasteiger partial charge in [-0.3, -0.25) is 14.5 Å². The van der Waals surface area contributed by atoms with Gasteiger partial charge in [-0.1, -0.05) is 30.3 Å². The lowest BCUT2D eigenvalue weighted by Crippen LogP contribution is -2.45. The third kappa shape index (κ3) is 3.35. The van der Waals surface area contributed by atoms with Gasteiger partial charge in [0.1, 0.15) is 5.75 Å². The van der Waals surface area contributed by atoms with Gasteiger partial charge in [0, 0.05) is 7.11 Å². The minimum absolute atomic E-state index is 0.140. The zero-order valence-corrected chi connectivity index (χ0v) is 17.7. The number of amides is 2. The van der Waals surface area contributed by atoms with Crippen molar-refractivity contribution in [2.75, 3.05) is 18.6 Å². The molecule has 164 valence electrons. The molecule has 2 aromatic rings. The molecule has 2 fully saturated rings. The molecule has 8 heteroatoms. The standard InChI is InChI=1S/C24H24BNO6/c1-31-13-15-11-19-21(24(29)26(23(19)28)16-5-3-2-4-6-16)18-12-20(32-25(30)22(15)18)14-7-9-17(27)10-8-14/h2-10,18-21,27,30H,11-13H2,1H3/t18-,19-,20-,21+/m0/s1. The molecule has 0 radical (unpaired) electrons. The van der Waals surface area contributed by atoms with E-state index in [0.29, 0.717) is 24.0 Å². The third-order valence-electron chi connectivity index (χ3n) is 6.81. The van der Waals surface area contributed by atoms with E-state index in [0.717, 1.165) is 11.1 Å². The molecule has 0 spiro atoms. The van der Waals surface area contributed by atoms with E-state index < -0.39 is 25.1 Å². The van der Waals surface area contributed by atoms with E-state index in [-0.39, 0.29) is 30.1 Å². The zero-order valence-electron chi connectivity index (χ0n) is 17.7. The van der Waals surface area contributed by atoms with E-state index in [2.05, 4.69) is 0 Å². The van der Waals surface area contributed by atoms with Crippen LogP contribution >= 0.6 is 0 Å². The molecule has 0 unspecified atom stereocenters. The zero-order chi connectivity index (χ0) is 22.4. The average Bonchev–Trinajstić information content (AvgIpc) is 3.04. The van der Waals surface area contributed by atoms with Crippen molar-refractivity contribution in [1.82, 2.24) is 0 Å². The summed E-state index contributed by atoms with van der Waals surface area (Å²) in [5.74, 6) is -1.69. The number of phenolic OH excluding ortho intramolecular Hbond substituents is 1. The quantitative estimate of drug-likeness (QED) is 0.569. The second-order valence-corrected chi connectivity index (χ2v) is 8.59. The Morgan fingerprint density at radius 2 is 1.78 bits per heavy atom. The second-order valence-electron chi connectivity index (χ2n) is 8.59. The summed E-state index contributed by atoms with van der Waals surface area (Å²) in [6, 6.07) is 15.6. The molecule has 2 aliphatic heterocycles. The number of aromatic hydroxyl groups is 1. The Morgan fingerprint density at radius 1 is 1.06 bits per heavy atom. The van der Waals surface area contributed by atoms with Gasteiger partial charge < -0.3 is 19.5 Å². The second kappa shape index (κ2) is 8.20. The molecule has 3 aliphatic rings. The Hall–Kier alpha value is -2.94. The van der Waals surface area contributed by atoms with Crippen LogP contribution in [-0.2, 0) is 19.0 Å². The SMILES string of the molecule is COCC1=C2B(O)O[C@H](c3ccc(O)cc3)C[C@H]2[C@H]2C(=O)N(c3ccccc3)C(=O)[C@H]2C1. The van der Waals surface area contributed by atoms with Crippen molar-refractivity contribution in [3.05, 3.63) is 71.2 Å². The number of phenols is 1. The highest BCUT2D eigenvalue weighted by molar-refractivity contribution is 6.53. The van der Waals surface area contributed by atoms with Crippen molar-refractivity contribution in [3.8, 4) is 5.75 Å². The number of hydrogen-bond donors (Lipinski definition) is 2. The maximum atomic E-state index is 13.6. The van der Waals surface area contributed by atoms with E-state index in [9.17, 15) is 19.7 Å². The van der Waals surface area contributed by atoms with E-state index in [1.165, 1.54) is 4.90 Å². The van der Waals surface area contributed by atoms with Crippen LogP contribution in [0.3, 0.4) is 0 Å². The van der Waals surface area contributed by atoms with Gasteiger partial charge in [-0.05, 0) is 59.6 Å². The van der Waals surface area contributed by atoms with Crippen molar-refractivity contribution >= 4 is 24.6 Å². The van der Waals surface area contributed by atoms with Crippen LogP contribution in [0.5, 0.6) is 5.75 Å². The summed E-state index contributed by atoms with van der Waals surface area (Å²) in [7, 11) is 0.384.